The van der Waals surface area contributed by atoms with Crippen molar-refractivity contribution in [1.82, 2.24) is 14.7 Å². The van der Waals surface area contributed by atoms with E-state index in [0.29, 0.717) is 12.2 Å². The van der Waals surface area contributed by atoms with Crippen LogP contribution < -0.4 is 5.32 Å². The minimum atomic E-state index is -0.171. The third kappa shape index (κ3) is 3.07. The van der Waals surface area contributed by atoms with Gasteiger partial charge in [-0.2, -0.15) is 5.10 Å². The first kappa shape index (κ1) is 15.6. The molecule has 1 fully saturated rings. The van der Waals surface area contributed by atoms with E-state index in [2.05, 4.69) is 10.4 Å². The third-order valence-corrected chi connectivity index (χ3v) is 4.23. The van der Waals surface area contributed by atoms with Gasteiger partial charge in [0.2, 0.25) is 0 Å². The van der Waals surface area contributed by atoms with Crippen molar-refractivity contribution in [1.29, 1.82) is 0 Å². The molecule has 1 atom stereocenters. The number of nitrogens with one attached hydrogen (secondary N) is 1. The predicted molar refractivity (Wildman–Crippen MR) is 88.9 cm³/mol. The van der Waals surface area contributed by atoms with Crippen molar-refractivity contribution in [2.24, 2.45) is 0 Å². The van der Waals surface area contributed by atoms with Crippen LogP contribution in [0.3, 0.4) is 0 Å². The quantitative estimate of drug-likeness (QED) is 0.914. The Hall–Kier alpha value is -2.34. The van der Waals surface area contributed by atoms with Crippen molar-refractivity contribution in [2.45, 2.75) is 32.7 Å². The van der Waals surface area contributed by atoms with E-state index in [1.165, 1.54) is 0 Å². The molecule has 2 aromatic rings. The first-order valence-electron chi connectivity index (χ1n) is 7.91. The molecule has 1 aromatic carbocycles. The van der Waals surface area contributed by atoms with Crippen LogP contribution in [-0.2, 0) is 0 Å². The maximum Gasteiger partial charge on any atom is 0.322 e. The van der Waals surface area contributed by atoms with Crippen LogP contribution in [0.2, 0.25) is 0 Å². The highest BCUT2D eigenvalue weighted by atomic mass is 16.3. The van der Waals surface area contributed by atoms with Gasteiger partial charge in [0.1, 0.15) is 0 Å². The summed E-state index contributed by atoms with van der Waals surface area (Å²) in [4.78, 5) is 14.2. The average Bonchev–Trinajstić information content (AvgIpc) is 3.13. The first-order valence-corrected chi connectivity index (χ1v) is 7.91. The molecule has 1 aliphatic heterocycles. The SMILES string of the molecule is Cc1cc(C)n(-c2ccccc2NC(=O)N2CCC[C@H]2CO)n1. The highest BCUT2D eigenvalue weighted by Gasteiger charge is 2.28. The Labute approximate surface area is 135 Å². The van der Waals surface area contributed by atoms with Crippen LogP contribution in [0, 0.1) is 13.8 Å². The van der Waals surface area contributed by atoms with E-state index < -0.39 is 0 Å². The first-order chi connectivity index (χ1) is 11.1. The second kappa shape index (κ2) is 6.42. The molecule has 0 spiro atoms. The standard InChI is InChI=1S/C17H22N4O2/c1-12-10-13(2)21(19-12)16-8-4-3-7-15(16)18-17(23)20-9-5-6-14(20)11-22/h3-4,7-8,10,14,22H,5-6,9,11H2,1-2H3,(H,18,23)/t14-/m0/s1. The zero-order chi connectivity index (χ0) is 16.4. The van der Waals surface area contributed by atoms with Gasteiger partial charge in [-0.25, -0.2) is 9.48 Å². The molecule has 0 saturated carbocycles. The molecule has 1 aromatic heterocycles. The second-order valence-corrected chi connectivity index (χ2v) is 5.96. The van der Waals surface area contributed by atoms with Gasteiger partial charge in [0.25, 0.3) is 0 Å². The van der Waals surface area contributed by atoms with Gasteiger partial charge in [0.05, 0.1) is 29.7 Å². The number of hydrogen-bond donors (Lipinski definition) is 2. The van der Waals surface area contributed by atoms with Gasteiger partial charge in [0.15, 0.2) is 0 Å². The summed E-state index contributed by atoms with van der Waals surface area (Å²) >= 11 is 0. The van der Waals surface area contributed by atoms with E-state index >= 15 is 0 Å². The molecule has 0 radical (unpaired) electrons. The van der Waals surface area contributed by atoms with Crippen molar-refractivity contribution in [3.05, 3.63) is 41.7 Å². The Morgan fingerprint density at radius 2 is 2.17 bits per heavy atom. The van der Waals surface area contributed by atoms with Crippen molar-refractivity contribution < 1.29 is 9.90 Å². The summed E-state index contributed by atoms with van der Waals surface area (Å²) in [5.74, 6) is 0. The number of urea groups is 1. The van der Waals surface area contributed by atoms with Crippen LogP contribution in [0.5, 0.6) is 0 Å². The number of aliphatic hydroxyl groups excluding tert-OH is 1. The van der Waals surface area contributed by atoms with Gasteiger partial charge >= 0.3 is 6.03 Å². The van der Waals surface area contributed by atoms with Gasteiger partial charge in [0, 0.05) is 12.2 Å². The van der Waals surface area contributed by atoms with Gasteiger partial charge in [-0.1, -0.05) is 12.1 Å². The van der Waals surface area contributed by atoms with Crippen LogP contribution in [0.15, 0.2) is 30.3 Å². The van der Waals surface area contributed by atoms with Gasteiger partial charge < -0.3 is 15.3 Å². The lowest BCUT2D eigenvalue weighted by Gasteiger charge is -2.24. The Bertz CT molecular complexity index is 710. The number of amides is 2. The lowest BCUT2D eigenvalue weighted by atomic mass is 10.2. The monoisotopic (exact) mass is 314 g/mol. The molecule has 6 heteroatoms. The van der Waals surface area contributed by atoms with E-state index in [1.807, 2.05) is 48.9 Å². The number of anilines is 1. The van der Waals surface area contributed by atoms with E-state index in [-0.39, 0.29) is 18.7 Å². The number of hydrogen-bond acceptors (Lipinski definition) is 3. The Balaban J connectivity index is 1.86. The Morgan fingerprint density at radius 1 is 1.39 bits per heavy atom. The molecular formula is C17H22N4O2. The van der Waals surface area contributed by atoms with Crippen LogP contribution in [0.4, 0.5) is 10.5 Å². The number of aryl methyl sites for hydroxylation is 2. The molecular weight excluding hydrogens is 292 g/mol. The van der Waals surface area contributed by atoms with Gasteiger partial charge in [-0.15, -0.1) is 0 Å². The fourth-order valence-corrected chi connectivity index (χ4v) is 3.12. The van der Waals surface area contributed by atoms with Crippen molar-refractivity contribution >= 4 is 11.7 Å². The minimum Gasteiger partial charge on any atom is -0.394 e. The van der Waals surface area contributed by atoms with Crippen LogP contribution >= 0.6 is 0 Å². The summed E-state index contributed by atoms with van der Waals surface area (Å²) in [6, 6.07) is 9.36. The largest absolute Gasteiger partial charge is 0.394 e. The molecule has 0 unspecified atom stereocenters. The van der Waals surface area contributed by atoms with Crippen LogP contribution in [-0.4, -0.2) is 45.0 Å². The highest BCUT2D eigenvalue weighted by Crippen LogP contribution is 2.24. The number of para-hydroxylation sites is 2. The molecule has 2 N–H and O–H groups in total. The molecule has 1 saturated heterocycles. The maximum absolute atomic E-state index is 12.5. The third-order valence-electron chi connectivity index (χ3n) is 4.23. The van der Waals surface area contributed by atoms with Gasteiger partial charge in [-0.3, -0.25) is 0 Å². The van der Waals surface area contributed by atoms with Crippen LogP contribution in [0.25, 0.3) is 5.69 Å². The maximum atomic E-state index is 12.5. The average molecular weight is 314 g/mol. The summed E-state index contributed by atoms with van der Waals surface area (Å²) in [5, 5.41) is 16.8. The molecule has 23 heavy (non-hydrogen) atoms. The smallest absolute Gasteiger partial charge is 0.322 e. The van der Waals surface area contributed by atoms with Crippen molar-refractivity contribution in [3.8, 4) is 5.69 Å². The summed E-state index contributed by atoms with van der Waals surface area (Å²) in [6.07, 6.45) is 1.78. The zero-order valence-electron chi connectivity index (χ0n) is 13.5. The molecule has 3 rings (SSSR count). The number of aromatic nitrogens is 2. The van der Waals surface area contributed by atoms with Crippen LogP contribution in [0.1, 0.15) is 24.2 Å². The number of likely N-dealkylation sites (tertiary alicyclic amines) is 1. The fourth-order valence-electron chi connectivity index (χ4n) is 3.12. The molecule has 0 bridgehead atoms. The molecule has 0 aliphatic carbocycles. The number of rotatable bonds is 3. The second-order valence-electron chi connectivity index (χ2n) is 5.96. The molecule has 2 heterocycles. The van der Waals surface area contributed by atoms with E-state index in [9.17, 15) is 9.90 Å². The lowest BCUT2D eigenvalue weighted by molar-refractivity contribution is 0.166. The number of carbonyl (C=O) groups is 1. The van der Waals surface area contributed by atoms with E-state index in [1.54, 1.807) is 4.90 Å². The highest BCUT2D eigenvalue weighted by molar-refractivity contribution is 5.92. The predicted octanol–water partition coefficient (Wildman–Crippen LogP) is 2.48. The number of aliphatic hydroxyl groups is 1. The molecule has 2 amide bonds. The Kier molecular flexibility index (Phi) is 4.34. The molecule has 122 valence electrons. The zero-order valence-corrected chi connectivity index (χ0v) is 13.5. The number of carbonyl (C=O) groups excluding carboxylic acids is 1. The van der Waals surface area contributed by atoms with E-state index in [4.69, 9.17) is 0 Å². The Morgan fingerprint density at radius 3 is 2.87 bits per heavy atom. The van der Waals surface area contributed by atoms with Crippen molar-refractivity contribution in [2.75, 3.05) is 18.5 Å². The van der Waals surface area contributed by atoms with E-state index in [0.717, 1.165) is 29.9 Å². The lowest BCUT2D eigenvalue weighted by Crippen LogP contribution is -2.40. The number of benzene rings is 1. The van der Waals surface area contributed by atoms with Crippen molar-refractivity contribution in [3.63, 3.8) is 0 Å². The summed E-state index contributed by atoms with van der Waals surface area (Å²) in [7, 11) is 0. The molecule has 6 nitrogen and oxygen atoms in total. The summed E-state index contributed by atoms with van der Waals surface area (Å²) in [6.45, 7) is 4.62. The normalized spacial score (nSPS) is 17.5. The number of nitrogens with zero attached hydrogens (tertiary/aromatic N) is 3. The fraction of sp³-hybridized carbons (Fsp3) is 0.412. The summed E-state index contributed by atoms with van der Waals surface area (Å²) in [5.41, 5.74) is 3.50. The summed E-state index contributed by atoms with van der Waals surface area (Å²) < 4.78 is 1.83. The minimum absolute atomic E-state index is 0.00647. The molecule has 1 aliphatic rings. The van der Waals surface area contributed by atoms with Gasteiger partial charge in [-0.05, 0) is 44.9 Å². The topological polar surface area (TPSA) is 70.4 Å².